The number of H-pyrrole nitrogens is 2. The van der Waals surface area contributed by atoms with E-state index in [0.29, 0.717) is 5.69 Å². The molecule has 1 aliphatic heterocycles. The van der Waals surface area contributed by atoms with Crippen molar-refractivity contribution in [3.8, 4) is 0 Å². The minimum atomic E-state index is -0.454. The van der Waals surface area contributed by atoms with E-state index < -0.39 is 5.69 Å². The molecule has 3 aromatic rings. The van der Waals surface area contributed by atoms with Gasteiger partial charge in [0.25, 0.3) is 5.56 Å². The Morgan fingerprint density at radius 1 is 1.25 bits per heavy atom. The molecule has 0 spiro atoms. The molecule has 1 fully saturated rings. The highest BCUT2D eigenvalue weighted by Crippen LogP contribution is 2.37. The van der Waals surface area contributed by atoms with Crippen LogP contribution < -0.4 is 16.1 Å². The second-order valence-corrected chi connectivity index (χ2v) is 7.34. The molecule has 0 amide bonds. The number of nitrogens with one attached hydrogen (secondary N) is 2. The molecule has 4 heterocycles. The number of hydrogen-bond donors (Lipinski definition) is 2. The molecule has 0 radical (unpaired) electrons. The Bertz CT molecular complexity index is 1010. The van der Waals surface area contributed by atoms with Gasteiger partial charge in [-0.15, -0.1) is 11.3 Å². The van der Waals surface area contributed by atoms with E-state index in [9.17, 15) is 9.59 Å². The van der Waals surface area contributed by atoms with Gasteiger partial charge in [-0.1, -0.05) is 0 Å². The average Bonchev–Trinajstić information content (AvgIpc) is 3.12. The van der Waals surface area contributed by atoms with Crippen molar-refractivity contribution in [2.24, 2.45) is 0 Å². The van der Waals surface area contributed by atoms with Crippen molar-refractivity contribution in [2.45, 2.75) is 26.2 Å². The van der Waals surface area contributed by atoms with Crippen LogP contribution in [0.4, 0.5) is 5.82 Å². The fourth-order valence-electron chi connectivity index (χ4n) is 3.32. The Kier molecular flexibility index (Phi) is 3.49. The molecule has 1 atom stereocenters. The molecule has 2 N–H and O–H groups in total. The van der Waals surface area contributed by atoms with Gasteiger partial charge in [0, 0.05) is 35.6 Å². The fourth-order valence-corrected chi connectivity index (χ4v) is 4.31. The minimum Gasteiger partial charge on any atom is -0.355 e. The number of fused-ring (bicyclic) bond motifs is 1. The molecular weight excluding hydrogens is 326 g/mol. The van der Waals surface area contributed by atoms with Crippen LogP contribution in [-0.2, 0) is 0 Å². The topological polar surface area (TPSA) is 94.7 Å². The lowest BCUT2D eigenvalue weighted by Crippen LogP contribution is -2.26. The van der Waals surface area contributed by atoms with Crippen molar-refractivity contribution in [1.29, 1.82) is 0 Å². The summed E-state index contributed by atoms with van der Waals surface area (Å²) in [6, 6.07) is 1.48. The first-order chi connectivity index (χ1) is 11.5. The predicted octanol–water partition coefficient (Wildman–Crippen LogP) is 1.68. The van der Waals surface area contributed by atoms with Crippen LogP contribution in [0.15, 0.2) is 22.0 Å². The number of nitrogens with zero attached hydrogens (tertiary/aromatic N) is 3. The number of aryl methyl sites for hydroxylation is 2. The molecule has 0 saturated carbocycles. The minimum absolute atomic E-state index is 0.116. The molecule has 4 rings (SSSR count). The van der Waals surface area contributed by atoms with Crippen LogP contribution in [0.25, 0.3) is 10.2 Å². The number of hydrogen-bond acceptors (Lipinski definition) is 6. The summed E-state index contributed by atoms with van der Waals surface area (Å²) >= 11 is 1.68. The maximum absolute atomic E-state index is 11.5. The molecule has 0 aliphatic carbocycles. The summed E-state index contributed by atoms with van der Waals surface area (Å²) in [7, 11) is 0. The average molecular weight is 343 g/mol. The van der Waals surface area contributed by atoms with E-state index in [-0.39, 0.29) is 11.5 Å². The van der Waals surface area contributed by atoms with E-state index in [0.717, 1.165) is 35.5 Å². The molecule has 124 valence electrons. The zero-order valence-electron chi connectivity index (χ0n) is 13.4. The van der Waals surface area contributed by atoms with E-state index in [1.807, 2.05) is 0 Å². The Balaban J connectivity index is 1.70. The van der Waals surface area contributed by atoms with Crippen molar-refractivity contribution in [3.63, 3.8) is 0 Å². The highest BCUT2D eigenvalue weighted by molar-refractivity contribution is 7.18. The van der Waals surface area contributed by atoms with Crippen LogP contribution in [0.2, 0.25) is 0 Å². The van der Waals surface area contributed by atoms with Gasteiger partial charge in [-0.2, -0.15) is 0 Å². The van der Waals surface area contributed by atoms with Crippen molar-refractivity contribution in [2.75, 3.05) is 18.0 Å². The van der Waals surface area contributed by atoms with E-state index >= 15 is 0 Å². The Morgan fingerprint density at radius 3 is 2.88 bits per heavy atom. The van der Waals surface area contributed by atoms with Crippen molar-refractivity contribution >= 4 is 27.4 Å². The SMILES string of the molecule is Cc1sc2ncnc(N3CCC(c4cc(=O)[nH]c(=O)[nH]4)C3)c2c1C. The second-order valence-electron chi connectivity index (χ2n) is 6.14. The molecule has 3 aromatic heterocycles. The molecular formula is C16H17N5O2S. The number of rotatable bonds is 2. The predicted molar refractivity (Wildman–Crippen MR) is 94.1 cm³/mol. The van der Waals surface area contributed by atoms with Gasteiger partial charge in [0.1, 0.15) is 17.0 Å². The summed E-state index contributed by atoms with van der Waals surface area (Å²) in [4.78, 5) is 41.3. The smallest absolute Gasteiger partial charge is 0.325 e. The second kappa shape index (κ2) is 5.55. The maximum Gasteiger partial charge on any atom is 0.325 e. The van der Waals surface area contributed by atoms with E-state index in [1.165, 1.54) is 16.5 Å². The molecule has 0 aromatic carbocycles. The van der Waals surface area contributed by atoms with E-state index in [1.54, 1.807) is 17.7 Å². The van der Waals surface area contributed by atoms with E-state index in [2.05, 4.69) is 38.7 Å². The van der Waals surface area contributed by atoms with Gasteiger partial charge in [-0.25, -0.2) is 14.8 Å². The molecule has 24 heavy (non-hydrogen) atoms. The summed E-state index contributed by atoms with van der Waals surface area (Å²) in [5, 5.41) is 1.11. The van der Waals surface area contributed by atoms with Gasteiger partial charge in [0.15, 0.2) is 0 Å². The molecule has 8 heteroatoms. The Hall–Kier alpha value is -2.48. The highest BCUT2D eigenvalue weighted by atomic mass is 32.1. The van der Waals surface area contributed by atoms with Crippen LogP contribution in [0, 0.1) is 13.8 Å². The Morgan fingerprint density at radius 2 is 2.08 bits per heavy atom. The third-order valence-electron chi connectivity index (χ3n) is 4.65. The summed E-state index contributed by atoms with van der Waals surface area (Å²) in [5.41, 5.74) is 1.10. The zero-order valence-corrected chi connectivity index (χ0v) is 14.2. The van der Waals surface area contributed by atoms with Crippen LogP contribution in [0.5, 0.6) is 0 Å². The van der Waals surface area contributed by atoms with E-state index in [4.69, 9.17) is 0 Å². The van der Waals surface area contributed by atoms with Crippen molar-refractivity contribution in [3.05, 3.63) is 49.4 Å². The third kappa shape index (κ3) is 2.43. The first-order valence-corrected chi connectivity index (χ1v) is 8.64. The number of aromatic nitrogens is 4. The van der Waals surface area contributed by atoms with Crippen molar-refractivity contribution in [1.82, 2.24) is 19.9 Å². The third-order valence-corrected chi connectivity index (χ3v) is 5.77. The van der Waals surface area contributed by atoms with Crippen LogP contribution in [0.1, 0.15) is 28.5 Å². The lowest BCUT2D eigenvalue weighted by atomic mass is 10.1. The van der Waals surface area contributed by atoms with Crippen molar-refractivity contribution < 1.29 is 0 Å². The van der Waals surface area contributed by atoms with Gasteiger partial charge in [0.05, 0.1) is 5.39 Å². The summed E-state index contributed by atoms with van der Waals surface area (Å²) in [5.74, 6) is 1.06. The van der Waals surface area contributed by atoms with Gasteiger partial charge < -0.3 is 9.88 Å². The summed E-state index contributed by atoms with van der Waals surface area (Å²) in [6.07, 6.45) is 2.47. The summed E-state index contributed by atoms with van der Waals surface area (Å²) in [6.45, 7) is 5.75. The molecule has 0 bridgehead atoms. The number of aromatic amines is 2. The van der Waals surface area contributed by atoms with Gasteiger partial charge in [-0.3, -0.25) is 9.78 Å². The normalized spacial score (nSPS) is 17.8. The summed E-state index contributed by atoms with van der Waals surface area (Å²) < 4.78 is 0. The Labute approximate surface area is 141 Å². The first kappa shape index (κ1) is 15.1. The molecule has 1 unspecified atom stereocenters. The lowest BCUT2D eigenvalue weighted by molar-refractivity contribution is 0.728. The fraction of sp³-hybridized carbons (Fsp3) is 0.375. The number of thiophene rings is 1. The lowest BCUT2D eigenvalue weighted by Gasteiger charge is -2.18. The number of anilines is 1. The van der Waals surface area contributed by atoms with Crippen LogP contribution in [-0.4, -0.2) is 33.0 Å². The molecule has 1 saturated heterocycles. The maximum atomic E-state index is 11.5. The quantitative estimate of drug-likeness (QED) is 0.738. The molecule has 7 nitrogen and oxygen atoms in total. The largest absolute Gasteiger partial charge is 0.355 e. The standard InChI is InChI=1S/C16H17N5O2S/c1-8-9(2)24-15-13(8)14(17-7-18-15)21-4-3-10(6-21)11-5-12(22)20-16(23)19-11/h5,7,10H,3-4,6H2,1-2H3,(H2,19,20,22,23). The first-order valence-electron chi connectivity index (χ1n) is 7.82. The van der Waals surface area contributed by atoms with Gasteiger partial charge in [0.2, 0.25) is 0 Å². The van der Waals surface area contributed by atoms with Gasteiger partial charge >= 0.3 is 5.69 Å². The highest BCUT2D eigenvalue weighted by Gasteiger charge is 2.28. The van der Waals surface area contributed by atoms with Crippen LogP contribution in [0.3, 0.4) is 0 Å². The zero-order chi connectivity index (χ0) is 16.8. The molecule has 1 aliphatic rings. The van der Waals surface area contributed by atoms with Gasteiger partial charge in [-0.05, 0) is 25.8 Å². The monoisotopic (exact) mass is 343 g/mol. The van der Waals surface area contributed by atoms with Crippen LogP contribution >= 0.6 is 11.3 Å².